The summed E-state index contributed by atoms with van der Waals surface area (Å²) in [5.41, 5.74) is 2.35. The van der Waals surface area contributed by atoms with Crippen molar-refractivity contribution in [2.24, 2.45) is 0 Å². The Hall–Kier alpha value is -3.15. The molecular formula is C19H18N4O2. The largest absolute Gasteiger partial charge is 0.350 e. The van der Waals surface area contributed by atoms with Gasteiger partial charge in [0.2, 0.25) is 0 Å². The fraction of sp³-hybridized carbons (Fsp3) is 0.211. The molecule has 0 fully saturated rings. The zero-order valence-corrected chi connectivity index (χ0v) is 13.9. The highest BCUT2D eigenvalue weighted by Crippen LogP contribution is 2.14. The van der Waals surface area contributed by atoms with Crippen LogP contribution in [-0.4, -0.2) is 31.7 Å². The van der Waals surface area contributed by atoms with Crippen molar-refractivity contribution in [2.45, 2.75) is 20.0 Å². The van der Waals surface area contributed by atoms with Crippen molar-refractivity contribution in [1.82, 2.24) is 19.2 Å². The Labute approximate surface area is 144 Å². The molecule has 0 bridgehead atoms. The zero-order chi connectivity index (χ0) is 17.4. The Balaban J connectivity index is 1.64. The summed E-state index contributed by atoms with van der Waals surface area (Å²) in [6.45, 7) is 3.29. The Morgan fingerprint density at radius 1 is 1.00 bits per heavy atom. The normalized spacial score (nSPS) is 13.6. The summed E-state index contributed by atoms with van der Waals surface area (Å²) in [6.07, 6.45) is 0. The maximum atomic E-state index is 12.6. The van der Waals surface area contributed by atoms with Crippen LogP contribution in [0.5, 0.6) is 0 Å². The van der Waals surface area contributed by atoms with Crippen LogP contribution in [0.4, 0.5) is 0 Å². The van der Waals surface area contributed by atoms with Crippen LogP contribution in [-0.2, 0) is 13.1 Å². The molecule has 0 saturated heterocycles. The number of hydrogen-bond acceptors (Lipinski definition) is 3. The Bertz CT molecular complexity index is 971. The molecule has 25 heavy (non-hydrogen) atoms. The molecule has 0 unspecified atom stereocenters. The second-order valence-corrected chi connectivity index (χ2v) is 6.19. The first-order valence-electron chi connectivity index (χ1n) is 8.23. The van der Waals surface area contributed by atoms with Crippen molar-refractivity contribution in [3.05, 3.63) is 82.0 Å². The topological polar surface area (TPSA) is 60.1 Å². The van der Waals surface area contributed by atoms with E-state index in [-0.39, 0.29) is 11.6 Å². The fourth-order valence-electron chi connectivity index (χ4n) is 3.04. The number of rotatable bonds is 2. The summed E-state index contributed by atoms with van der Waals surface area (Å²) in [5.74, 6) is 0.574. The van der Waals surface area contributed by atoms with Crippen LogP contribution in [0.1, 0.15) is 21.7 Å². The number of carbonyl (C=O) groups excluding carboxylic acids is 1. The van der Waals surface area contributed by atoms with Gasteiger partial charge in [-0.05, 0) is 31.2 Å². The molecule has 0 saturated carbocycles. The van der Waals surface area contributed by atoms with Gasteiger partial charge in [-0.15, -0.1) is 5.10 Å². The summed E-state index contributed by atoms with van der Waals surface area (Å²) in [6, 6.07) is 16.8. The number of hydrogen-bond donors (Lipinski definition) is 0. The molecule has 2 aromatic carbocycles. The smallest absolute Gasteiger partial charge is 0.329 e. The number of aryl methyl sites for hydroxylation is 1. The van der Waals surface area contributed by atoms with E-state index >= 15 is 0 Å². The second kappa shape index (κ2) is 6.05. The van der Waals surface area contributed by atoms with E-state index in [2.05, 4.69) is 5.10 Å². The third kappa shape index (κ3) is 2.76. The van der Waals surface area contributed by atoms with Gasteiger partial charge >= 0.3 is 5.69 Å². The van der Waals surface area contributed by atoms with Crippen LogP contribution >= 0.6 is 0 Å². The zero-order valence-electron chi connectivity index (χ0n) is 13.9. The number of amides is 1. The van der Waals surface area contributed by atoms with Gasteiger partial charge < -0.3 is 4.90 Å². The van der Waals surface area contributed by atoms with Gasteiger partial charge in [0.25, 0.3) is 5.91 Å². The molecule has 3 aromatic rings. The monoisotopic (exact) mass is 334 g/mol. The molecular weight excluding hydrogens is 316 g/mol. The average Bonchev–Trinajstić information content (AvgIpc) is 2.98. The first-order valence-corrected chi connectivity index (χ1v) is 8.23. The Morgan fingerprint density at radius 3 is 2.44 bits per heavy atom. The molecule has 1 aliphatic heterocycles. The van der Waals surface area contributed by atoms with E-state index < -0.39 is 0 Å². The van der Waals surface area contributed by atoms with Crippen LogP contribution < -0.4 is 5.69 Å². The highest BCUT2D eigenvalue weighted by Gasteiger charge is 2.26. The van der Waals surface area contributed by atoms with E-state index in [1.54, 1.807) is 21.6 Å². The quantitative estimate of drug-likeness (QED) is 0.720. The maximum absolute atomic E-state index is 12.6. The summed E-state index contributed by atoms with van der Waals surface area (Å²) in [4.78, 5) is 27.0. The highest BCUT2D eigenvalue weighted by molar-refractivity contribution is 5.94. The van der Waals surface area contributed by atoms with Gasteiger partial charge in [0.1, 0.15) is 0 Å². The number of fused-ring (bicyclic) bond motifs is 1. The molecule has 126 valence electrons. The lowest BCUT2D eigenvalue weighted by Crippen LogP contribution is -2.40. The van der Waals surface area contributed by atoms with Gasteiger partial charge in [-0.2, -0.15) is 4.68 Å². The second-order valence-electron chi connectivity index (χ2n) is 6.19. The van der Waals surface area contributed by atoms with Crippen molar-refractivity contribution in [2.75, 3.05) is 6.54 Å². The molecule has 0 atom stereocenters. The SMILES string of the molecule is Cc1ccc(-n2nc3n(c2=O)CCN(C(=O)c2ccccc2)C3)cc1. The summed E-state index contributed by atoms with van der Waals surface area (Å²) in [7, 11) is 0. The third-order valence-corrected chi connectivity index (χ3v) is 4.45. The van der Waals surface area contributed by atoms with E-state index in [4.69, 9.17) is 0 Å². The molecule has 2 heterocycles. The lowest BCUT2D eigenvalue weighted by molar-refractivity contribution is 0.0706. The van der Waals surface area contributed by atoms with Crippen molar-refractivity contribution < 1.29 is 4.79 Å². The lowest BCUT2D eigenvalue weighted by atomic mass is 10.2. The van der Waals surface area contributed by atoms with Gasteiger partial charge in [0.05, 0.1) is 12.2 Å². The Kier molecular flexibility index (Phi) is 3.72. The predicted molar refractivity (Wildman–Crippen MR) is 93.7 cm³/mol. The minimum atomic E-state index is -0.161. The predicted octanol–water partition coefficient (Wildman–Crippen LogP) is 2.00. The number of benzene rings is 2. The maximum Gasteiger partial charge on any atom is 0.350 e. The van der Waals surface area contributed by atoms with E-state index in [1.807, 2.05) is 49.4 Å². The van der Waals surface area contributed by atoms with Gasteiger partial charge in [-0.3, -0.25) is 9.36 Å². The summed E-state index contributed by atoms with van der Waals surface area (Å²) in [5, 5.41) is 4.45. The van der Waals surface area contributed by atoms with E-state index in [9.17, 15) is 9.59 Å². The van der Waals surface area contributed by atoms with Crippen molar-refractivity contribution >= 4 is 5.91 Å². The van der Waals surface area contributed by atoms with Crippen LogP contribution in [0.15, 0.2) is 59.4 Å². The average molecular weight is 334 g/mol. The molecule has 0 radical (unpaired) electrons. The minimum Gasteiger partial charge on any atom is -0.329 e. The van der Waals surface area contributed by atoms with Crippen molar-refractivity contribution in [3.63, 3.8) is 0 Å². The molecule has 0 spiro atoms. The fourth-order valence-corrected chi connectivity index (χ4v) is 3.04. The molecule has 0 N–H and O–H groups in total. The summed E-state index contributed by atoms with van der Waals surface area (Å²) >= 11 is 0. The van der Waals surface area contributed by atoms with Gasteiger partial charge in [-0.25, -0.2) is 4.79 Å². The molecule has 1 amide bonds. The summed E-state index contributed by atoms with van der Waals surface area (Å²) < 4.78 is 3.06. The van der Waals surface area contributed by atoms with Crippen molar-refractivity contribution in [1.29, 1.82) is 0 Å². The number of aromatic nitrogens is 3. The third-order valence-electron chi connectivity index (χ3n) is 4.45. The first-order chi connectivity index (χ1) is 12.1. The van der Waals surface area contributed by atoms with Crippen LogP contribution in [0, 0.1) is 6.92 Å². The van der Waals surface area contributed by atoms with E-state index in [0.717, 1.165) is 11.3 Å². The van der Waals surface area contributed by atoms with Gasteiger partial charge in [-0.1, -0.05) is 35.9 Å². The molecule has 6 nitrogen and oxygen atoms in total. The standard InChI is InChI=1S/C19H18N4O2/c1-14-7-9-16(10-8-14)23-19(25)22-12-11-21(13-17(22)20-23)18(24)15-5-3-2-4-6-15/h2-10H,11-13H2,1H3. The van der Waals surface area contributed by atoms with E-state index in [1.165, 1.54) is 4.68 Å². The van der Waals surface area contributed by atoms with Crippen LogP contribution in [0.2, 0.25) is 0 Å². The van der Waals surface area contributed by atoms with E-state index in [0.29, 0.717) is 31.0 Å². The molecule has 1 aliphatic rings. The minimum absolute atomic E-state index is 0.0378. The molecule has 0 aliphatic carbocycles. The van der Waals surface area contributed by atoms with Gasteiger partial charge in [0.15, 0.2) is 5.82 Å². The highest BCUT2D eigenvalue weighted by atomic mass is 16.2. The Morgan fingerprint density at radius 2 is 1.72 bits per heavy atom. The molecule has 4 rings (SSSR count). The van der Waals surface area contributed by atoms with Crippen LogP contribution in [0.3, 0.4) is 0 Å². The number of nitrogens with zero attached hydrogens (tertiary/aromatic N) is 4. The molecule has 6 heteroatoms. The lowest BCUT2D eigenvalue weighted by Gasteiger charge is -2.26. The van der Waals surface area contributed by atoms with Crippen LogP contribution in [0.25, 0.3) is 5.69 Å². The first kappa shape index (κ1) is 15.4. The van der Waals surface area contributed by atoms with Crippen molar-refractivity contribution in [3.8, 4) is 5.69 Å². The molecule has 1 aromatic heterocycles. The van der Waals surface area contributed by atoms with Gasteiger partial charge in [0, 0.05) is 18.7 Å². The number of carbonyl (C=O) groups is 1.